The summed E-state index contributed by atoms with van der Waals surface area (Å²) in [4.78, 5) is 21.1. The number of ketones is 2. The van der Waals surface area contributed by atoms with Crippen LogP contribution in [0.1, 0.15) is 24.5 Å². The molecule has 28 heavy (non-hydrogen) atoms. The molecule has 1 spiro atoms. The van der Waals surface area contributed by atoms with Gasteiger partial charge in [0, 0.05) is 16.7 Å². The molecule has 5 aliphatic carbocycles. The number of carbonyl (C=O) groups excluding carboxylic acids is 2. The van der Waals surface area contributed by atoms with Crippen molar-refractivity contribution in [2.75, 3.05) is 0 Å². The molecule has 7 atom stereocenters. The van der Waals surface area contributed by atoms with E-state index in [1.165, 1.54) is 0 Å². The third-order valence-corrected chi connectivity index (χ3v) is 11.3. The van der Waals surface area contributed by atoms with Gasteiger partial charge in [-0.05, 0) is 25.8 Å². The number of aryl methyl sites for hydroxylation is 1. The zero-order chi connectivity index (χ0) is 20.1. The Kier molecular flexibility index (Phi) is 2.86. The van der Waals surface area contributed by atoms with E-state index in [9.17, 15) is 9.59 Å². The predicted octanol–water partition coefficient (Wildman–Crippen LogP) is 4.84. The molecule has 0 unspecified atom stereocenters. The van der Waals surface area contributed by atoms with Crippen molar-refractivity contribution in [2.45, 2.75) is 45.2 Å². The highest BCUT2D eigenvalue weighted by Gasteiger charge is 3.07. The maximum atomic E-state index is 13.8. The summed E-state index contributed by atoms with van der Waals surface area (Å²) in [5.41, 5.74) is 1.18. The summed E-state index contributed by atoms with van der Waals surface area (Å²) in [5.74, 6) is -1.26. The number of benzene rings is 1. The van der Waals surface area contributed by atoms with Crippen molar-refractivity contribution in [1.29, 1.82) is 0 Å². The standard InChI is InChI=1S/C22H16Cl4O2/c1-11-3-5-13(6-4-11)18-10-19(23)15(27)20(24)14-9-12(2)7-8-17(14,18)22(20,26)16(28)21(18,19)25/h3-9,14H,10H2,1-2H3/t14-,17+,18+,19-,20+,21-,22+/m1/s1. The SMILES string of the molecule is CC1=C[C@@H]2[C@]3(C=C1)[C@@]1(Cl)C(=O)[C@@]4(Cl)[C@]3(c3ccc(C)cc3)C[C@@]4(Cl)C(=O)[C@@]21Cl. The minimum atomic E-state index is -1.62. The molecule has 6 heteroatoms. The fourth-order valence-electron chi connectivity index (χ4n) is 7.15. The molecule has 0 radical (unpaired) electrons. The van der Waals surface area contributed by atoms with Gasteiger partial charge in [-0.2, -0.15) is 0 Å². The van der Waals surface area contributed by atoms with E-state index in [2.05, 4.69) is 0 Å². The quantitative estimate of drug-likeness (QED) is 0.570. The van der Waals surface area contributed by atoms with Crippen molar-refractivity contribution in [3.63, 3.8) is 0 Å². The number of rotatable bonds is 1. The van der Waals surface area contributed by atoms with Crippen LogP contribution in [0.2, 0.25) is 0 Å². The van der Waals surface area contributed by atoms with Gasteiger partial charge in [0.25, 0.3) is 0 Å². The number of carbonyl (C=O) groups is 2. The molecule has 0 N–H and O–H groups in total. The Morgan fingerprint density at radius 1 is 0.929 bits per heavy atom. The Balaban J connectivity index is 1.78. The van der Waals surface area contributed by atoms with Crippen LogP contribution in [0, 0.1) is 18.3 Å². The van der Waals surface area contributed by atoms with Crippen LogP contribution in [-0.4, -0.2) is 31.1 Å². The summed E-state index contributed by atoms with van der Waals surface area (Å²) in [6.45, 7) is 3.94. The highest BCUT2D eigenvalue weighted by atomic mass is 35.5. The van der Waals surface area contributed by atoms with E-state index in [1.54, 1.807) is 0 Å². The summed E-state index contributed by atoms with van der Waals surface area (Å²) in [7, 11) is 0. The molecule has 1 aromatic carbocycles. The highest BCUT2D eigenvalue weighted by Crippen LogP contribution is 2.94. The second-order valence-electron chi connectivity index (χ2n) is 9.03. The molecule has 4 saturated carbocycles. The normalized spacial score (nSPS) is 54.6. The van der Waals surface area contributed by atoms with Crippen LogP contribution in [0.15, 0.2) is 48.1 Å². The number of halogens is 4. The number of hydrogen-bond donors (Lipinski definition) is 0. The van der Waals surface area contributed by atoms with Crippen LogP contribution in [0.25, 0.3) is 0 Å². The van der Waals surface area contributed by atoms with E-state index in [1.807, 2.05) is 56.3 Å². The lowest BCUT2D eigenvalue weighted by atomic mass is 9.38. The summed E-state index contributed by atoms with van der Waals surface area (Å²) in [5, 5.41) is 0. The molecule has 4 fully saturated rings. The van der Waals surface area contributed by atoms with Crippen LogP contribution in [-0.2, 0) is 15.0 Å². The minimum Gasteiger partial charge on any atom is -0.296 e. The van der Waals surface area contributed by atoms with Crippen LogP contribution in [0.5, 0.6) is 0 Å². The van der Waals surface area contributed by atoms with Gasteiger partial charge in [-0.3, -0.25) is 9.59 Å². The minimum absolute atomic E-state index is 0.245. The number of fused-ring (bicyclic) bond motifs is 1. The second-order valence-corrected chi connectivity index (χ2v) is 11.4. The molecule has 0 amide bonds. The zero-order valence-electron chi connectivity index (χ0n) is 15.2. The van der Waals surface area contributed by atoms with E-state index in [-0.39, 0.29) is 6.42 Å². The molecule has 0 aromatic heterocycles. The first kappa shape index (κ1) is 18.0. The molecule has 0 saturated heterocycles. The molecular formula is C22H16Cl4O2. The van der Waals surface area contributed by atoms with Crippen molar-refractivity contribution in [3.8, 4) is 0 Å². The number of hydrogen-bond acceptors (Lipinski definition) is 2. The van der Waals surface area contributed by atoms with Crippen molar-refractivity contribution in [2.24, 2.45) is 11.3 Å². The third kappa shape index (κ3) is 1.17. The first-order chi connectivity index (χ1) is 13.0. The topological polar surface area (TPSA) is 34.1 Å². The first-order valence-corrected chi connectivity index (χ1v) is 10.8. The molecule has 0 aliphatic heterocycles. The van der Waals surface area contributed by atoms with Crippen LogP contribution >= 0.6 is 46.4 Å². The molecule has 0 heterocycles. The first-order valence-electron chi connectivity index (χ1n) is 9.30. The van der Waals surface area contributed by atoms with Gasteiger partial charge >= 0.3 is 0 Å². The third-order valence-electron chi connectivity index (χ3n) is 8.24. The smallest absolute Gasteiger partial charge is 0.181 e. The summed E-state index contributed by atoms with van der Waals surface area (Å²) < 4.78 is 0. The monoisotopic (exact) mass is 452 g/mol. The van der Waals surface area contributed by atoms with Gasteiger partial charge in [0.1, 0.15) is 19.5 Å². The van der Waals surface area contributed by atoms with Gasteiger partial charge in [0.15, 0.2) is 11.6 Å². The van der Waals surface area contributed by atoms with E-state index in [0.717, 1.165) is 16.7 Å². The van der Waals surface area contributed by atoms with E-state index in [4.69, 9.17) is 46.4 Å². The van der Waals surface area contributed by atoms with Gasteiger partial charge < -0.3 is 0 Å². The fourth-order valence-corrected chi connectivity index (χ4v) is 9.80. The average Bonchev–Trinajstić information content (AvgIpc) is 2.74. The van der Waals surface area contributed by atoms with Crippen molar-refractivity contribution >= 4 is 58.0 Å². The van der Waals surface area contributed by atoms with Crippen molar-refractivity contribution in [3.05, 3.63) is 59.2 Å². The maximum absolute atomic E-state index is 13.8. The second kappa shape index (κ2) is 4.44. The summed E-state index contributed by atoms with van der Waals surface area (Å²) >= 11 is 28.1. The molecule has 144 valence electrons. The Hall–Kier alpha value is -0.800. The van der Waals surface area contributed by atoms with Gasteiger partial charge in [-0.15, -0.1) is 46.4 Å². The van der Waals surface area contributed by atoms with E-state index < -0.39 is 47.8 Å². The molecule has 1 aromatic rings. The van der Waals surface area contributed by atoms with Crippen LogP contribution < -0.4 is 0 Å². The average molecular weight is 454 g/mol. The van der Waals surface area contributed by atoms with E-state index in [0.29, 0.717) is 0 Å². The number of allylic oxidation sites excluding steroid dienone is 4. The van der Waals surface area contributed by atoms with Crippen LogP contribution in [0.3, 0.4) is 0 Å². The summed E-state index contributed by atoms with van der Waals surface area (Å²) in [6, 6.07) is 7.93. The fraction of sp³-hybridized carbons (Fsp3) is 0.455. The lowest BCUT2D eigenvalue weighted by Gasteiger charge is -2.68. The molecule has 2 nitrogen and oxygen atoms in total. The molecular weight excluding hydrogens is 438 g/mol. The van der Waals surface area contributed by atoms with Crippen LogP contribution in [0.4, 0.5) is 0 Å². The van der Waals surface area contributed by atoms with Crippen molar-refractivity contribution in [1.82, 2.24) is 0 Å². The maximum Gasteiger partial charge on any atom is 0.181 e. The zero-order valence-corrected chi connectivity index (χ0v) is 18.2. The Labute approximate surface area is 182 Å². The highest BCUT2D eigenvalue weighted by molar-refractivity contribution is 6.67. The van der Waals surface area contributed by atoms with Gasteiger partial charge in [0.05, 0.1) is 0 Å². The Morgan fingerprint density at radius 2 is 1.57 bits per heavy atom. The number of Topliss-reactive ketones (excluding diaryl/α,β-unsaturated/α-hetero) is 2. The Bertz CT molecular complexity index is 1090. The Morgan fingerprint density at radius 3 is 2.21 bits per heavy atom. The van der Waals surface area contributed by atoms with Crippen molar-refractivity contribution < 1.29 is 9.59 Å². The summed E-state index contributed by atoms with van der Waals surface area (Å²) in [6.07, 6.45) is 6.16. The lowest BCUT2D eigenvalue weighted by Crippen LogP contribution is -2.83. The van der Waals surface area contributed by atoms with E-state index >= 15 is 0 Å². The molecule has 5 aliphatic rings. The molecule has 6 rings (SSSR count). The largest absolute Gasteiger partial charge is 0.296 e. The molecule has 2 bridgehead atoms. The van der Waals surface area contributed by atoms with Gasteiger partial charge in [-0.25, -0.2) is 0 Å². The lowest BCUT2D eigenvalue weighted by molar-refractivity contribution is -0.147. The number of alkyl halides is 4. The van der Waals surface area contributed by atoms with Gasteiger partial charge in [-0.1, -0.05) is 53.6 Å². The van der Waals surface area contributed by atoms with Gasteiger partial charge in [0.2, 0.25) is 0 Å². The predicted molar refractivity (Wildman–Crippen MR) is 111 cm³/mol.